The number of pyridine rings is 1. The van der Waals surface area contributed by atoms with Crippen LogP contribution in [0.4, 0.5) is 10.1 Å². The van der Waals surface area contributed by atoms with Gasteiger partial charge in [-0.2, -0.15) is 0 Å². The van der Waals surface area contributed by atoms with Gasteiger partial charge < -0.3 is 20.2 Å². The van der Waals surface area contributed by atoms with Crippen LogP contribution in [0, 0.1) is 5.82 Å². The second-order valence-corrected chi connectivity index (χ2v) is 9.05. The lowest BCUT2D eigenvalue weighted by Crippen LogP contribution is -2.30. The van der Waals surface area contributed by atoms with Crippen LogP contribution in [0.5, 0.6) is 5.75 Å². The molecule has 0 aliphatic heterocycles. The first-order valence-corrected chi connectivity index (χ1v) is 12.9. The van der Waals surface area contributed by atoms with E-state index in [0.29, 0.717) is 41.8 Å². The standard InChI is InChI=1S/C28H37FN4O2/c1-3-5-14-33(15-6-4-2)16-17-34-21-9-10-24-22(19-21)26(31-13-7-12-30)28-27(32-24)23-18-20(29)8-11-25(23)35-28/h8-11,18-19H,3-7,12-17,30H2,1-2H3,(H,31,32). The average molecular weight is 481 g/mol. The van der Waals surface area contributed by atoms with Gasteiger partial charge in [0.15, 0.2) is 5.58 Å². The third-order valence-electron chi connectivity index (χ3n) is 6.34. The molecule has 188 valence electrons. The number of anilines is 1. The smallest absolute Gasteiger partial charge is 0.177 e. The summed E-state index contributed by atoms with van der Waals surface area (Å²) in [6, 6.07) is 10.5. The minimum atomic E-state index is -0.310. The van der Waals surface area contributed by atoms with Crippen LogP contribution in [0.2, 0.25) is 0 Å². The third-order valence-corrected chi connectivity index (χ3v) is 6.34. The Balaban J connectivity index is 1.62. The second kappa shape index (κ2) is 12.2. The highest BCUT2D eigenvalue weighted by Gasteiger charge is 2.17. The summed E-state index contributed by atoms with van der Waals surface area (Å²) in [6.07, 6.45) is 5.64. The maximum Gasteiger partial charge on any atom is 0.177 e. The number of benzene rings is 2. The van der Waals surface area contributed by atoms with Crippen molar-refractivity contribution in [2.45, 2.75) is 46.0 Å². The summed E-state index contributed by atoms with van der Waals surface area (Å²) in [6.45, 7) is 9.51. The maximum absolute atomic E-state index is 14.0. The number of aromatic nitrogens is 1. The molecular formula is C28H37FN4O2. The van der Waals surface area contributed by atoms with Crippen molar-refractivity contribution in [1.82, 2.24) is 9.88 Å². The Morgan fingerprint density at radius 3 is 2.54 bits per heavy atom. The maximum atomic E-state index is 14.0. The van der Waals surface area contributed by atoms with Crippen LogP contribution in [0.1, 0.15) is 46.0 Å². The quantitative estimate of drug-likeness (QED) is 0.206. The first-order chi connectivity index (χ1) is 17.1. The molecule has 0 bridgehead atoms. The number of ether oxygens (including phenoxy) is 1. The molecule has 4 aromatic rings. The van der Waals surface area contributed by atoms with Crippen molar-refractivity contribution in [3.63, 3.8) is 0 Å². The summed E-state index contributed by atoms with van der Waals surface area (Å²) >= 11 is 0. The van der Waals surface area contributed by atoms with E-state index in [1.807, 2.05) is 18.2 Å². The molecule has 7 heteroatoms. The van der Waals surface area contributed by atoms with E-state index in [2.05, 4.69) is 24.1 Å². The fraction of sp³-hybridized carbons (Fsp3) is 0.464. The van der Waals surface area contributed by atoms with E-state index < -0.39 is 0 Å². The van der Waals surface area contributed by atoms with Crippen molar-refractivity contribution in [3.8, 4) is 5.75 Å². The molecule has 0 spiro atoms. The van der Waals surface area contributed by atoms with E-state index in [1.54, 1.807) is 6.07 Å². The molecule has 3 N–H and O–H groups in total. The Morgan fingerprint density at radius 1 is 1.00 bits per heavy atom. The van der Waals surface area contributed by atoms with Crippen LogP contribution in [0.15, 0.2) is 40.8 Å². The molecule has 0 fully saturated rings. The Kier molecular flexibility index (Phi) is 8.77. The van der Waals surface area contributed by atoms with Crippen molar-refractivity contribution in [2.24, 2.45) is 5.73 Å². The topological polar surface area (TPSA) is 76.5 Å². The van der Waals surface area contributed by atoms with Gasteiger partial charge in [0.2, 0.25) is 0 Å². The average Bonchev–Trinajstić information content (AvgIpc) is 3.22. The van der Waals surface area contributed by atoms with Gasteiger partial charge >= 0.3 is 0 Å². The summed E-state index contributed by atoms with van der Waals surface area (Å²) in [5, 5.41) is 5.07. The number of hydrogen-bond donors (Lipinski definition) is 2. The number of hydrogen-bond acceptors (Lipinski definition) is 6. The minimum Gasteiger partial charge on any atom is -0.492 e. The monoisotopic (exact) mass is 480 g/mol. The molecule has 0 amide bonds. The summed E-state index contributed by atoms with van der Waals surface area (Å²) < 4.78 is 26.3. The predicted octanol–water partition coefficient (Wildman–Crippen LogP) is 6.32. The van der Waals surface area contributed by atoms with Crippen molar-refractivity contribution in [1.29, 1.82) is 0 Å². The molecule has 6 nitrogen and oxygen atoms in total. The number of halogens is 1. The minimum absolute atomic E-state index is 0.310. The molecule has 35 heavy (non-hydrogen) atoms. The molecule has 0 saturated carbocycles. The van der Waals surface area contributed by atoms with Gasteiger partial charge in [0.1, 0.15) is 29.3 Å². The number of fused-ring (bicyclic) bond motifs is 4. The van der Waals surface area contributed by atoms with Gasteiger partial charge in [0.05, 0.1) is 11.2 Å². The van der Waals surface area contributed by atoms with Gasteiger partial charge in [-0.15, -0.1) is 0 Å². The van der Waals surface area contributed by atoms with Crippen LogP contribution >= 0.6 is 0 Å². The van der Waals surface area contributed by atoms with Gasteiger partial charge in [0, 0.05) is 23.9 Å². The van der Waals surface area contributed by atoms with E-state index >= 15 is 0 Å². The van der Waals surface area contributed by atoms with Gasteiger partial charge in [-0.25, -0.2) is 9.37 Å². The van der Waals surface area contributed by atoms with Crippen molar-refractivity contribution in [3.05, 3.63) is 42.2 Å². The lowest BCUT2D eigenvalue weighted by molar-refractivity contribution is 0.204. The third kappa shape index (κ3) is 6.03. The van der Waals surface area contributed by atoms with Crippen LogP contribution in [0.25, 0.3) is 33.0 Å². The number of nitrogens with one attached hydrogen (secondary N) is 1. The second-order valence-electron chi connectivity index (χ2n) is 9.05. The largest absolute Gasteiger partial charge is 0.492 e. The first-order valence-electron chi connectivity index (χ1n) is 12.9. The number of unbranched alkanes of at least 4 members (excludes halogenated alkanes) is 2. The lowest BCUT2D eigenvalue weighted by Gasteiger charge is -2.22. The Morgan fingerprint density at radius 2 is 1.80 bits per heavy atom. The fourth-order valence-corrected chi connectivity index (χ4v) is 4.37. The normalized spacial score (nSPS) is 11.8. The van der Waals surface area contributed by atoms with E-state index in [-0.39, 0.29) is 5.82 Å². The van der Waals surface area contributed by atoms with Crippen LogP contribution in [-0.4, -0.2) is 49.2 Å². The Hall–Kier alpha value is -2.90. The molecular weight excluding hydrogens is 443 g/mol. The molecule has 4 rings (SSSR count). The van der Waals surface area contributed by atoms with Crippen molar-refractivity contribution < 1.29 is 13.5 Å². The SMILES string of the molecule is CCCCN(CCCC)CCOc1ccc2nc3c(oc4ccc(F)cc43)c(NCCCN)c2c1. The lowest BCUT2D eigenvalue weighted by atomic mass is 10.1. The Labute approximate surface area is 206 Å². The zero-order chi connectivity index (χ0) is 24.6. The van der Waals surface area contributed by atoms with Crippen LogP contribution in [0.3, 0.4) is 0 Å². The van der Waals surface area contributed by atoms with E-state index in [4.69, 9.17) is 19.9 Å². The molecule has 0 atom stereocenters. The summed E-state index contributed by atoms with van der Waals surface area (Å²) in [4.78, 5) is 7.32. The van der Waals surface area contributed by atoms with Crippen LogP contribution < -0.4 is 15.8 Å². The van der Waals surface area contributed by atoms with Crippen molar-refractivity contribution in [2.75, 3.05) is 44.6 Å². The number of furan rings is 1. The van der Waals surface area contributed by atoms with Gasteiger partial charge in [-0.3, -0.25) is 4.90 Å². The van der Waals surface area contributed by atoms with E-state index in [1.165, 1.54) is 37.8 Å². The molecule has 0 aliphatic carbocycles. The van der Waals surface area contributed by atoms with Crippen LogP contribution in [-0.2, 0) is 0 Å². The fourth-order valence-electron chi connectivity index (χ4n) is 4.37. The molecule has 2 aromatic heterocycles. The number of nitrogens with two attached hydrogens (primary N) is 1. The van der Waals surface area contributed by atoms with Crippen molar-refractivity contribution >= 4 is 38.7 Å². The van der Waals surface area contributed by atoms with E-state index in [9.17, 15) is 4.39 Å². The number of nitrogens with zero attached hydrogens (tertiary/aromatic N) is 2. The first kappa shape index (κ1) is 25.2. The highest BCUT2D eigenvalue weighted by Crippen LogP contribution is 2.38. The van der Waals surface area contributed by atoms with E-state index in [0.717, 1.165) is 48.4 Å². The Bertz CT molecular complexity index is 1250. The van der Waals surface area contributed by atoms with Gasteiger partial charge in [-0.05, 0) is 75.3 Å². The number of rotatable bonds is 14. The highest BCUT2D eigenvalue weighted by molar-refractivity contribution is 6.14. The predicted molar refractivity (Wildman–Crippen MR) is 143 cm³/mol. The molecule has 2 aromatic carbocycles. The zero-order valence-corrected chi connectivity index (χ0v) is 20.9. The zero-order valence-electron chi connectivity index (χ0n) is 20.9. The molecule has 2 heterocycles. The van der Waals surface area contributed by atoms with Gasteiger partial charge in [-0.1, -0.05) is 26.7 Å². The molecule has 0 saturated heterocycles. The molecule has 0 radical (unpaired) electrons. The summed E-state index contributed by atoms with van der Waals surface area (Å²) in [7, 11) is 0. The highest BCUT2D eigenvalue weighted by atomic mass is 19.1. The molecule has 0 aliphatic rings. The van der Waals surface area contributed by atoms with Gasteiger partial charge in [0.25, 0.3) is 0 Å². The summed E-state index contributed by atoms with van der Waals surface area (Å²) in [5.74, 6) is 0.490. The molecule has 0 unspecified atom stereocenters. The summed E-state index contributed by atoms with van der Waals surface area (Å²) in [5.41, 5.74) is 9.25.